The van der Waals surface area contributed by atoms with Crippen molar-refractivity contribution in [2.24, 2.45) is 0 Å². The number of aryl methyl sites for hydroxylation is 1. The van der Waals surface area contributed by atoms with Gasteiger partial charge in [0, 0.05) is 0 Å². The van der Waals surface area contributed by atoms with E-state index in [2.05, 4.69) is 0 Å². The van der Waals surface area contributed by atoms with Crippen LogP contribution in [0.1, 0.15) is 5.56 Å². The molecular weight excluding hydrogens is 219 g/mol. The zero-order valence-electron chi connectivity index (χ0n) is 9.70. The van der Waals surface area contributed by atoms with E-state index in [-0.39, 0.29) is 11.5 Å². The Balaban J connectivity index is 2.49. The lowest BCUT2D eigenvalue weighted by Gasteiger charge is -2.07. The van der Waals surface area contributed by atoms with Gasteiger partial charge < -0.3 is 9.84 Å². The van der Waals surface area contributed by atoms with Crippen molar-refractivity contribution in [3.05, 3.63) is 47.8 Å². The van der Waals surface area contributed by atoms with Gasteiger partial charge in [-0.2, -0.15) is 0 Å². The summed E-state index contributed by atoms with van der Waals surface area (Å²) in [5, 5.41) is 9.51. The molecule has 2 aromatic carbocycles. The minimum Gasteiger partial charge on any atom is -0.508 e. The highest BCUT2D eigenvalue weighted by Gasteiger charge is 2.06. The number of methoxy groups -OCH3 is 1. The van der Waals surface area contributed by atoms with E-state index >= 15 is 0 Å². The van der Waals surface area contributed by atoms with E-state index in [0.29, 0.717) is 5.56 Å². The van der Waals surface area contributed by atoms with Crippen LogP contribution >= 0.6 is 0 Å². The van der Waals surface area contributed by atoms with Crippen molar-refractivity contribution < 1.29 is 14.2 Å². The van der Waals surface area contributed by atoms with Crippen molar-refractivity contribution in [3.8, 4) is 22.6 Å². The lowest BCUT2D eigenvalue weighted by molar-refractivity contribution is 0.386. The standard InChI is InChI=1S/C14H13FO2/c1-9-5-11(7-12(16)6-9)10-3-4-14(17-2)13(15)8-10/h3-8,16H,1-2H3. The van der Waals surface area contributed by atoms with Crippen LogP contribution in [0.4, 0.5) is 4.39 Å². The lowest BCUT2D eigenvalue weighted by atomic mass is 10.0. The Labute approximate surface area is 99.3 Å². The Morgan fingerprint density at radius 2 is 1.82 bits per heavy atom. The van der Waals surface area contributed by atoms with Crippen LogP contribution < -0.4 is 4.74 Å². The largest absolute Gasteiger partial charge is 0.508 e. The summed E-state index contributed by atoms with van der Waals surface area (Å²) in [7, 11) is 1.43. The zero-order chi connectivity index (χ0) is 12.4. The Morgan fingerprint density at radius 3 is 2.41 bits per heavy atom. The third kappa shape index (κ3) is 2.38. The highest BCUT2D eigenvalue weighted by molar-refractivity contribution is 5.66. The summed E-state index contributed by atoms with van der Waals surface area (Å²) in [4.78, 5) is 0. The van der Waals surface area contributed by atoms with E-state index in [4.69, 9.17) is 4.74 Å². The fraction of sp³-hybridized carbons (Fsp3) is 0.143. The van der Waals surface area contributed by atoms with Crippen LogP contribution in [0, 0.1) is 12.7 Å². The number of phenolic OH excluding ortho intramolecular Hbond substituents is 1. The molecule has 0 aliphatic heterocycles. The molecule has 0 bridgehead atoms. The van der Waals surface area contributed by atoms with Crippen LogP contribution in [0.25, 0.3) is 11.1 Å². The molecule has 2 aromatic rings. The number of benzene rings is 2. The second-order valence-electron chi connectivity index (χ2n) is 3.91. The minimum absolute atomic E-state index is 0.177. The van der Waals surface area contributed by atoms with Gasteiger partial charge in [0.25, 0.3) is 0 Å². The van der Waals surface area contributed by atoms with Gasteiger partial charge in [0.15, 0.2) is 11.6 Å². The van der Waals surface area contributed by atoms with Crippen LogP contribution in [0.5, 0.6) is 11.5 Å². The van der Waals surface area contributed by atoms with Crippen LogP contribution in [-0.2, 0) is 0 Å². The minimum atomic E-state index is -0.411. The summed E-state index contributed by atoms with van der Waals surface area (Å²) < 4.78 is 18.4. The summed E-state index contributed by atoms with van der Waals surface area (Å²) in [5.74, 6) is -0.0205. The number of ether oxygens (including phenoxy) is 1. The Morgan fingerprint density at radius 1 is 1.06 bits per heavy atom. The number of phenols is 1. The van der Waals surface area contributed by atoms with Gasteiger partial charge in [-0.05, 0) is 47.9 Å². The molecule has 1 N–H and O–H groups in total. The topological polar surface area (TPSA) is 29.5 Å². The normalized spacial score (nSPS) is 10.3. The SMILES string of the molecule is COc1ccc(-c2cc(C)cc(O)c2)cc1F. The lowest BCUT2D eigenvalue weighted by Crippen LogP contribution is -1.88. The molecule has 3 heteroatoms. The molecule has 17 heavy (non-hydrogen) atoms. The monoisotopic (exact) mass is 232 g/mol. The first-order chi connectivity index (χ1) is 8.10. The van der Waals surface area contributed by atoms with Gasteiger partial charge in [-0.25, -0.2) is 4.39 Å². The second kappa shape index (κ2) is 4.45. The molecule has 0 amide bonds. The smallest absolute Gasteiger partial charge is 0.165 e. The van der Waals surface area contributed by atoms with Gasteiger partial charge in [0.2, 0.25) is 0 Å². The number of hydrogen-bond donors (Lipinski definition) is 1. The maximum absolute atomic E-state index is 13.5. The van der Waals surface area contributed by atoms with Gasteiger partial charge in [-0.1, -0.05) is 12.1 Å². The van der Waals surface area contributed by atoms with E-state index < -0.39 is 5.82 Å². The molecule has 0 unspecified atom stereocenters. The first kappa shape index (κ1) is 11.5. The molecule has 0 saturated heterocycles. The Hall–Kier alpha value is -2.03. The molecule has 0 atom stereocenters. The van der Waals surface area contributed by atoms with Crippen LogP contribution in [0.2, 0.25) is 0 Å². The van der Waals surface area contributed by atoms with E-state index in [0.717, 1.165) is 11.1 Å². The summed E-state index contributed by atoms with van der Waals surface area (Å²) >= 11 is 0. The predicted octanol–water partition coefficient (Wildman–Crippen LogP) is 3.52. The number of halogens is 1. The van der Waals surface area contributed by atoms with Crippen molar-refractivity contribution in [2.75, 3.05) is 7.11 Å². The van der Waals surface area contributed by atoms with Crippen LogP contribution in [0.3, 0.4) is 0 Å². The molecule has 0 spiro atoms. The predicted molar refractivity (Wildman–Crippen MR) is 64.8 cm³/mol. The van der Waals surface area contributed by atoms with Crippen LogP contribution in [0.15, 0.2) is 36.4 Å². The molecule has 0 fully saturated rings. The molecule has 0 aromatic heterocycles. The molecule has 0 radical (unpaired) electrons. The molecular formula is C14H13FO2. The highest BCUT2D eigenvalue weighted by Crippen LogP contribution is 2.28. The van der Waals surface area contributed by atoms with Crippen LogP contribution in [-0.4, -0.2) is 12.2 Å². The summed E-state index contributed by atoms with van der Waals surface area (Å²) in [5.41, 5.74) is 2.42. The molecule has 0 aliphatic carbocycles. The van der Waals surface area contributed by atoms with Gasteiger partial charge in [0.1, 0.15) is 5.75 Å². The van der Waals surface area contributed by atoms with Crippen molar-refractivity contribution in [2.45, 2.75) is 6.92 Å². The first-order valence-corrected chi connectivity index (χ1v) is 5.25. The fourth-order valence-corrected chi connectivity index (χ4v) is 1.78. The quantitative estimate of drug-likeness (QED) is 0.858. The maximum Gasteiger partial charge on any atom is 0.165 e. The summed E-state index contributed by atoms with van der Waals surface area (Å²) in [6.07, 6.45) is 0. The molecule has 0 heterocycles. The van der Waals surface area contributed by atoms with Gasteiger partial charge >= 0.3 is 0 Å². The fourth-order valence-electron chi connectivity index (χ4n) is 1.78. The van der Waals surface area contributed by atoms with Crippen molar-refractivity contribution in [3.63, 3.8) is 0 Å². The van der Waals surface area contributed by atoms with Crippen molar-refractivity contribution >= 4 is 0 Å². The maximum atomic E-state index is 13.5. The Bertz CT molecular complexity index is 530. The average molecular weight is 232 g/mol. The van der Waals surface area contributed by atoms with Gasteiger partial charge in [0.05, 0.1) is 7.11 Å². The molecule has 2 nitrogen and oxygen atoms in total. The summed E-state index contributed by atoms with van der Waals surface area (Å²) in [6.45, 7) is 1.88. The number of aromatic hydroxyl groups is 1. The molecule has 2 rings (SSSR count). The highest BCUT2D eigenvalue weighted by atomic mass is 19.1. The van der Waals surface area contributed by atoms with Crippen molar-refractivity contribution in [1.29, 1.82) is 0 Å². The summed E-state index contributed by atoms with van der Waals surface area (Å²) in [6, 6.07) is 9.88. The van der Waals surface area contributed by atoms with Gasteiger partial charge in [-0.3, -0.25) is 0 Å². The van der Waals surface area contributed by atoms with E-state index in [1.807, 2.05) is 13.0 Å². The Kier molecular flexibility index (Phi) is 3.00. The zero-order valence-corrected chi connectivity index (χ0v) is 9.70. The average Bonchev–Trinajstić information content (AvgIpc) is 2.27. The number of rotatable bonds is 2. The second-order valence-corrected chi connectivity index (χ2v) is 3.91. The first-order valence-electron chi connectivity index (χ1n) is 5.25. The van der Waals surface area contributed by atoms with E-state index in [1.54, 1.807) is 24.3 Å². The molecule has 0 saturated carbocycles. The van der Waals surface area contributed by atoms with E-state index in [1.165, 1.54) is 13.2 Å². The molecule has 88 valence electrons. The van der Waals surface area contributed by atoms with E-state index in [9.17, 15) is 9.50 Å². The van der Waals surface area contributed by atoms with Crippen molar-refractivity contribution in [1.82, 2.24) is 0 Å². The molecule has 0 aliphatic rings. The third-order valence-electron chi connectivity index (χ3n) is 2.55. The van der Waals surface area contributed by atoms with Gasteiger partial charge in [-0.15, -0.1) is 0 Å². The number of hydrogen-bond acceptors (Lipinski definition) is 2. The third-order valence-corrected chi connectivity index (χ3v) is 2.55.